The zero-order valence-corrected chi connectivity index (χ0v) is 17.1. The second kappa shape index (κ2) is 9.14. The number of ether oxygens (including phenoxy) is 1. The van der Waals surface area contributed by atoms with E-state index in [1.54, 1.807) is 12.4 Å². The minimum absolute atomic E-state index is 0.0315. The molecule has 0 aliphatic carbocycles. The van der Waals surface area contributed by atoms with Crippen LogP contribution in [0, 0.1) is 12.7 Å². The van der Waals surface area contributed by atoms with Crippen molar-refractivity contribution >= 4 is 45.5 Å². The SMILES string of the molecule is CCN(C)C=Nc1cc(C)c(C(=O)OCc2ccc(F)cc2Cl)cc1Br. The molecule has 2 aromatic carbocycles. The largest absolute Gasteiger partial charge is 0.457 e. The summed E-state index contributed by atoms with van der Waals surface area (Å²) in [6.07, 6.45) is 1.73. The van der Waals surface area contributed by atoms with E-state index in [2.05, 4.69) is 20.9 Å². The van der Waals surface area contributed by atoms with Gasteiger partial charge in [-0.2, -0.15) is 0 Å². The Balaban J connectivity index is 2.13. The summed E-state index contributed by atoms with van der Waals surface area (Å²) in [5.41, 5.74) is 2.44. The molecule has 26 heavy (non-hydrogen) atoms. The number of halogens is 3. The summed E-state index contributed by atoms with van der Waals surface area (Å²) in [4.78, 5) is 18.7. The second-order valence-electron chi connectivity index (χ2n) is 5.75. The highest BCUT2D eigenvalue weighted by Crippen LogP contribution is 2.29. The van der Waals surface area contributed by atoms with Crippen molar-refractivity contribution in [3.05, 3.63) is 62.3 Å². The van der Waals surface area contributed by atoms with Crippen molar-refractivity contribution in [3.63, 3.8) is 0 Å². The van der Waals surface area contributed by atoms with Crippen LogP contribution in [0.3, 0.4) is 0 Å². The van der Waals surface area contributed by atoms with E-state index in [9.17, 15) is 9.18 Å². The van der Waals surface area contributed by atoms with Crippen molar-refractivity contribution in [1.29, 1.82) is 0 Å². The van der Waals surface area contributed by atoms with E-state index in [0.717, 1.165) is 17.8 Å². The summed E-state index contributed by atoms with van der Waals surface area (Å²) in [5, 5.41) is 0.223. The first-order valence-electron chi connectivity index (χ1n) is 7.97. The number of nitrogens with zero attached hydrogens (tertiary/aromatic N) is 2. The zero-order chi connectivity index (χ0) is 19.3. The average molecular weight is 442 g/mol. The van der Waals surface area contributed by atoms with Gasteiger partial charge >= 0.3 is 5.97 Å². The number of carbonyl (C=O) groups excluding carboxylic acids is 1. The van der Waals surface area contributed by atoms with Crippen LogP contribution in [0.5, 0.6) is 0 Å². The number of hydrogen-bond acceptors (Lipinski definition) is 3. The van der Waals surface area contributed by atoms with Crippen LogP contribution >= 0.6 is 27.5 Å². The molecular formula is C19H19BrClFN2O2. The van der Waals surface area contributed by atoms with Crippen LogP contribution in [0.4, 0.5) is 10.1 Å². The molecule has 0 aliphatic rings. The molecule has 7 heteroatoms. The van der Waals surface area contributed by atoms with Crippen LogP contribution in [-0.2, 0) is 11.3 Å². The van der Waals surface area contributed by atoms with Crippen LogP contribution in [0.25, 0.3) is 0 Å². The maximum atomic E-state index is 13.1. The Morgan fingerprint density at radius 3 is 2.77 bits per heavy atom. The van der Waals surface area contributed by atoms with Crippen molar-refractivity contribution in [3.8, 4) is 0 Å². The van der Waals surface area contributed by atoms with Gasteiger partial charge in [-0.1, -0.05) is 17.7 Å². The smallest absolute Gasteiger partial charge is 0.338 e. The molecule has 0 aromatic heterocycles. The first-order chi connectivity index (χ1) is 12.3. The van der Waals surface area contributed by atoms with E-state index >= 15 is 0 Å². The predicted molar refractivity (Wildman–Crippen MR) is 106 cm³/mol. The Labute approximate surface area is 165 Å². The third-order valence-electron chi connectivity index (χ3n) is 3.78. The first-order valence-corrected chi connectivity index (χ1v) is 9.14. The topological polar surface area (TPSA) is 41.9 Å². The Morgan fingerprint density at radius 2 is 2.12 bits per heavy atom. The molecular weight excluding hydrogens is 423 g/mol. The van der Waals surface area contributed by atoms with Gasteiger partial charge in [-0.05, 0) is 59.6 Å². The molecule has 0 atom stereocenters. The number of carbonyl (C=O) groups is 1. The lowest BCUT2D eigenvalue weighted by Crippen LogP contribution is -2.14. The lowest BCUT2D eigenvalue weighted by atomic mass is 10.1. The Morgan fingerprint density at radius 1 is 1.38 bits per heavy atom. The molecule has 0 N–H and O–H groups in total. The van der Waals surface area contributed by atoms with Crippen LogP contribution < -0.4 is 0 Å². The fourth-order valence-corrected chi connectivity index (χ4v) is 2.75. The van der Waals surface area contributed by atoms with E-state index in [1.165, 1.54) is 18.2 Å². The average Bonchev–Trinajstić information content (AvgIpc) is 2.60. The first kappa shape index (κ1) is 20.4. The standard InChI is InChI=1S/C19H19BrClFN2O2/c1-4-24(3)11-23-18-7-12(2)15(9-16(18)20)19(25)26-10-13-5-6-14(22)8-17(13)21/h5-9,11H,4,10H2,1-3H3. The van der Waals surface area contributed by atoms with Crippen LogP contribution in [-0.4, -0.2) is 30.8 Å². The minimum Gasteiger partial charge on any atom is -0.457 e. The number of hydrogen-bond donors (Lipinski definition) is 0. The van der Waals surface area contributed by atoms with Gasteiger partial charge in [0, 0.05) is 23.6 Å². The van der Waals surface area contributed by atoms with Crippen molar-refractivity contribution in [2.24, 2.45) is 4.99 Å². The summed E-state index contributed by atoms with van der Waals surface area (Å²) in [6, 6.07) is 7.45. The van der Waals surface area contributed by atoms with Crippen molar-refractivity contribution in [2.75, 3.05) is 13.6 Å². The van der Waals surface area contributed by atoms with E-state index in [-0.39, 0.29) is 11.6 Å². The van der Waals surface area contributed by atoms with E-state index < -0.39 is 11.8 Å². The molecule has 0 unspecified atom stereocenters. The molecule has 4 nitrogen and oxygen atoms in total. The highest BCUT2D eigenvalue weighted by Gasteiger charge is 2.15. The Bertz CT molecular complexity index is 843. The fourth-order valence-electron chi connectivity index (χ4n) is 2.09. The van der Waals surface area contributed by atoms with Crippen molar-refractivity contribution < 1.29 is 13.9 Å². The lowest BCUT2D eigenvalue weighted by molar-refractivity contribution is 0.0472. The lowest BCUT2D eigenvalue weighted by Gasteiger charge is -2.11. The molecule has 0 radical (unpaired) electrons. The van der Waals surface area contributed by atoms with Crippen LogP contribution in [0.15, 0.2) is 39.8 Å². The highest BCUT2D eigenvalue weighted by atomic mass is 79.9. The summed E-state index contributed by atoms with van der Waals surface area (Å²) in [6.45, 7) is 4.65. The normalized spacial score (nSPS) is 11.0. The number of benzene rings is 2. The summed E-state index contributed by atoms with van der Waals surface area (Å²) in [7, 11) is 1.93. The van der Waals surface area contributed by atoms with Crippen molar-refractivity contribution in [1.82, 2.24) is 4.90 Å². The Kier molecular flexibility index (Phi) is 7.17. The van der Waals surface area contributed by atoms with Crippen LogP contribution in [0.2, 0.25) is 5.02 Å². The third-order valence-corrected chi connectivity index (χ3v) is 4.77. The number of aryl methyl sites for hydroxylation is 1. The van der Waals surface area contributed by atoms with Gasteiger partial charge in [0.05, 0.1) is 22.6 Å². The molecule has 0 heterocycles. The molecule has 138 valence electrons. The molecule has 0 fully saturated rings. The second-order valence-corrected chi connectivity index (χ2v) is 7.01. The van der Waals surface area contributed by atoms with E-state index in [4.69, 9.17) is 16.3 Å². The summed E-state index contributed by atoms with van der Waals surface area (Å²) < 4.78 is 19.1. The van der Waals surface area contributed by atoms with Gasteiger partial charge in [0.15, 0.2) is 0 Å². The van der Waals surface area contributed by atoms with Gasteiger partial charge in [-0.15, -0.1) is 0 Å². The molecule has 0 spiro atoms. The van der Waals surface area contributed by atoms with Gasteiger partial charge in [-0.25, -0.2) is 14.2 Å². The van der Waals surface area contributed by atoms with Crippen LogP contribution in [0.1, 0.15) is 28.4 Å². The fraction of sp³-hybridized carbons (Fsp3) is 0.263. The predicted octanol–water partition coefficient (Wildman–Crippen LogP) is 5.52. The van der Waals surface area contributed by atoms with Gasteiger partial charge in [0.2, 0.25) is 0 Å². The van der Waals surface area contributed by atoms with Gasteiger partial charge < -0.3 is 9.64 Å². The highest BCUT2D eigenvalue weighted by molar-refractivity contribution is 9.10. The molecule has 2 aromatic rings. The summed E-state index contributed by atoms with van der Waals surface area (Å²) >= 11 is 9.38. The Hall–Kier alpha value is -1.92. The number of esters is 1. The molecule has 2 rings (SSSR count). The molecule has 0 aliphatic heterocycles. The third kappa shape index (κ3) is 5.29. The maximum absolute atomic E-state index is 13.1. The molecule has 0 bridgehead atoms. The van der Waals surface area contributed by atoms with Gasteiger partial charge in [-0.3, -0.25) is 0 Å². The van der Waals surface area contributed by atoms with Crippen molar-refractivity contribution in [2.45, 2.75) is 20.5 Å². The quantitative estimate of drug-likeness (QED) is 0.337. The number of aliphatic imine (C=N–C) groups is 1. The molecule has 0 saturated carbocycles. The monoisotopic (exact) mass is 440 g/mol. The molecule has 0 saturated heterocycles. The van der Waals surface area contributed by atoms with E-state index in [0.29, 0.717) is 15.6 Å². The maximum Gasteiger partial charge on any atom is 0.338 e. The number of rotatable bonds is 6. The van der Waals surface area contributed by atoms with Gasteiger partial charge in [0.25, 0.3) is 0 Å². The summed E-state index contributed by atoms with van der Waals surface area (Å²) in [5.74, 6) is -0.917. The zero-order valence-electron chi connectivity index (χ0n) is 14.7. The molecule has 0 amide bonds. The van der Waals surface area contributed by atoms with Gasteiger partial charge in [0.1, 0.15) is 12.4 Å². The van der Waals surface area contributed by atoms with E-state index in [1.807, 2.05) is 31.9 Å². The minimum atomic E-state index is -0.482.